The Balaban J connectivity index is 1.61. The third-order valence-corrected chi connectivity index (χ3v) is 4.66. The quantitative estimate of drug-likeness (QED) is 0.814. The zero-order chi connectivity index (χ0) is 18.6. The molecular weight excluding hydrogens is 326 g/mol. The first-order chi connectivity index (χ1) is 12.4. The van der Waals surface area contributed by atoms with E-state index in [0.717, 1.165) is 37.2 Å². The summed E-state index contributed by atoms with van der Waals surface area (Å²) in [7, 11) is 0. The highest BCUT2D eigenvalue weighted by atomic mass is 16.5. The van der Waals surface area contributed by atoms with Crippen LogP contribution in [-0.4, -0.2) is 27.1 Å². The van der Waals surface area contributed by atoms with Crippen molar-refractivity contribution in [1.82, 2.24) is 14.7 Å². The van der Waals surface area contributed by atoms with E-state index in [4.69, 9.17) is 4.74 Å². The average molecular weight is 355 g/mol. The van der Waals surface area contributed by atoms with Gasteiger partial charge in [0, 0.05) is 25.6 Å². The highest BCUT2D eigenvalue weighted by Crippen LogP contribution is 2.23. The van der Waals surface area contributed by atoms with Gasteiger partial charge in [-0.3, -0.25) is 9.48 Å². The normalized spacial score (nSPS) is 14.7. The second-order valence-electron chi connectivity index (χ2n) is 8.20. The first-order valence-corrected chi connectivity index (χ1v) is 9.42. The van der Waals surface area contributed by atoms with Crippen molar-refractivity contribution in [2.75, 3.05) is 6.54 Å². The average Bonchev–Trinajstić information content (AvgIpc) is 2.88. The summed E-state index contributed by atoms with van der Waals surface area (Å²) in [5.41, 5.74) is 2.35. The Labute approximate surface area is 156 Å². The Morgan fingerprint density at radius 2 is 1.96 bits per heavy atom. The van der Waals surface area contributed by atoms with Crippen molar-refractivity contribution in [1.29, 1.82) is 0 Å². The number of carbonyl (C=O) groups excluding carboxylic acids is 1. The first-order valence-electron chi connectivity index (χ1n) is 9.42. The minimum atomic E-state index is 0.182. The Hall–Kier alpha value is -2.30. The van der Waals surface area contributed by atoms with E-state index in [1.807, 2.05) is 46.0 Å². The Morgan fingerprint density at radius 1 is 1.19 bits per heavy atom. The van der Waals surface area contributed by atoms with Crippen LogP contribution >= 0.6 is 0 Å². The number of rotatable bonds is 5. The van der Waals surface area contributed by atoms with Crippen LogP contribution in [0.25, 0.3) is 0 Å². The minimum Gasteiger partial charge on any atom is -0.472 e. The summed E-state index contributed by atoms with van der Waals surface area (Å²) < 4.78 is 7.82. The molecule has 1 aliphatic rings. The van der Waals surface area contributed by atoms with E-state index in [9.17, 15) is 4.79 Å². The molecule has 1 aromatic carbocycles. The van der Waals surface area contributed by atoms with Gasteiger partial charge in [-0.15, -0.1) is 5.10 Å². The second-order valence-corrected chi connectivity index (χ2v) is 8.20. The number of hydrogen-bond acceptors (Lipinski definition) is 3. The molecule has 0 fully saturated rings. The fourth-order valence-corrected chi connectivity index (χ4v) is 3.09. The number of amides is 1. The minimum absolute atomic E-state index is 0.182. The largest absolute Gasteiger partial charge is 0.472 e. The van der Waals surface area contributed by atoms with E-state index in [0.29, 0.717) is 25.5 Å². The maximum atomic E-state index is 12.6. The van der Waals surface area contributed by atoms with Crippen molar-refractivity contribution < 1.29 is 9.53 Å². The summed E-state index contributed by atoms with van der Waals surface area (Å²) in [4.78, 5) is 14.6. The molecule has 5 nitrogen and oxygen atoms in total. The summed E-state index contributed by atoms with van der Waals surface area (Å²) in [6.07, 6.45) is 2.44. The van der Waals surface area contributed by atoms with Gasteiger partial charge in [-0.05, 0) is 23.8 Å². The lowest BCUT2D eigenvalue weighted by atomic mass is 9.90. The van der Waals surface area contributed by atoms with Crippen LogP contribution in [0.4, 0.5) is 0 Å². The molecule has 3 rings (SSSR count). The number of hydrogen-bond donors (Lipinski definition) is 0. The maximum Gasteiger partial charge on any atom is 0.233 e. The molecule has 1 aromatic heterocycles. The van der Waals surface area contributed by atoms with Gasteiger partial charge < -0.3 is 9.64 Å². The van der Waals surface area contributed by atoms with Gasteiger partial charge in [0.05, 0.1) is 12.2 Å². The molecule has 1 aliphatic heterocycles. The van der Waals surface area contributed by atoms with Crippen LogP contribution in [0.2, 0.25) is 0 Å². The summed E-state index contributed by atoms with van der Waals surface area (Å²) in [6, 6.07) is 12.0. The van der Waals surface area contributed by atoms with Crippen molar-refractivity contribution in [2.24, 2.45) is 5.41 Å². The number of aryl methyl sites for hydroxylation is 1. The summed E-state index contributed by atoms with van der Waals surface area (Å²) in [5.74, 6) is 0.870. The van der Waals surface area contributed by atoms with E-state index in [1.54, 1.807) is 0 Å². The van der Waals surface area contributed by atoms with E-state index in [2.05, 4.69) is 25.9 Å². The molecular formula is C21H29N3O2. The number of carbonyl (C=O) groups is 1. The van der Waals surface area contributed by atoms with Gasteiger partial charge in [-0.2, -0.15) is 0 Å². The molecule has 0 atom stereocenters. The Morgan fingerprint density at radius 3 is 2.69 bits per heavy atom. The molecule has 140 valence electrons. The predicted octanol–water partition coefficient (Wildman–Crippen LogP) is 4.02. The number of aromatic nitrogens is 2. The SMILES string of the molecule is CC(C)(C)CCC(=O)N1CCCn2nc(OCc3ccccc3)cc2C1. The summed E-state index contributed by atoms with van der Waals surface area (Å²) in [5, 5.41) is 4.56. The first kappa shape index (κ1) is 18.5. The van der Waals surface area contributed by atoms with Gasteiger partial charge in [-0.25, -0.2) is 0 Å². The maximum absolute atomic E-state index is 12.6. The molecule has 0 spiro atoms. The third kappa shape index (κ3) is 5.10. The smallest absolute Gasteiger partial charge is 0.233 e. The van der Waals surface area contributed by atoms with Gasteiger partial charge in [0.1, 0.15) is 6.61 Å². The molecule has 2 aromatic rings. The summed E-state index contributed by atoms with van der Waals surface area (Å²) in [6.45, 7) is 9.27. The summed E-state index contributed by atoms with van der Waals surface area (Å²) >= 11 is 0. The van der Waals surface area contributed by atoms with E-state index < -0.39 is 0 Å². The molecule has 0 saturated carbocycles. The molecule has 0 radical (unpaired) electrons. The molecule has 1 amide bonds. The van der Waals surface area contributed by atoms with E-state index in [-0.39, 0.29) is 11.3 Å². The van der Waals surface area contributed by atoms with Gasteiger partial charge >= 0.3 is 0 Å². The van der Waals surface area contributed by atoms with Crippen LogP contribution in [-0.2, 0) is 24.5 Å². The molecule has 5 heteroatoms. The molecule has 0 bridgehead atoms. The topological polar surface area (TPSA) is 47.4 Å². The monoisotopic (exact) mass is 355 g/mol. The van der Waals surface area contributed by atoms with Crippen molar-refractivity contribution in [3.05, 3.63) is 47.7 Å². The van der Waals surface area contributed by atoms with Crippen LogP contribution < -0.4 is 4.74 Å². The zero-order valence-electron chi connectivity index (χ0n) is 16.1. The number of ether oxygens (including phenoxy) is 1. The standard InChI is InChI=1S/C21H29N3O2/c1-21(2,3)11-10-20(25)23-12-7-13-24-18(15-23)14-19(22-24)26-16-17-8-5-4-6-9-17/h4-6,8-9,14H,7,10-13,15-16H2,1-3H3. The van der Waals surface area contributed by atoms with Crippen LogP contribution in [0.5, 0.6) is 5.88 Å². The van der Waals surface area contributed by atoms with Crippen molar-refractivity contribution in [3.63, 3.8) is 0 Å². The van der Waals surface area contributed by atoms with Crippen LogP contribution in [0.3, 0.4) is 0 Å². The molecule has 2 heterocycles. The number of fused-ring (bicyclic) bond motifs is 1. The third-order valence-electron chi connectivity index (χ3n) is 4.66. The van der Waals surface area contributed by atoms with Gasteiger partial charge in [0.15, 0.2) is 0 Å². The van der Waals surface area contributed by atoms with Gasteiger partial charge in [0.2, 0.25) is 11.8 Å². The second kappa shape index (κ2) is 7.94. The van der Waals surface area contributed by atoms with Crippen LogP contribution in [0, 0.1) is 5.41 Å². The molecule has 0 aliphatic carbocycles. The van der Waals surface area contributed by atoms with Crippen molar-refractivity contribution in [2.45, 2.75) is 59.7 Å². The van der Waals surface area contributed by atoms with Crippen molar-refractivity contribution in [3.8, 4) is 5.88 Å². The van der Waals surface area contributed by atoms with Crippen LogP contribution in [0.1, 0.15) is 51.3 Å². The number of benzene rings is 1. The van der Waals surface area contributed by atoms with E-state index in [1.165, 1.54) is 0 Å². The highest BCUT2D eigenvalue weighted by molar-refractivity contribution is 5.76. The Kier molecular flexibility index (Phi) is 5.64. The lowest BCUT2D eigenvalue weighted by molar-refractivity contribution is -0.132. The molecule has 0 unspecified atom stereocenters. The predicted molar refractivity (Wildman–Crippen MR) is 102 cm³/mol. The Bertz CT molecular complexity index is 731. The fourth-order valence-electron chi connectivity index (χ4n) is 3.09. The lowest BCUT2D eigenvalue weighted by Gasteiger charge is -2.23. The highest BCUT2D eigenvalue weighted by Gasteiger charge is 2.22. The van der Waals surface area contributed by atoms with Gasteiger partial charge in [-0.1, -0.05) is 51.1 Å². The molecule has 0 saturated heterocycles. The zero-order valence-corrected chi connectivity index (χ0v) is 16.1. The van der Waals surface area contributed by atoms with Crippen molar-refractivity contribution >= 4 is 5.91 Å². The molecule has 0 N–H and O–H groups in total. The van der Waals surface area contributed by atoms with Crippen LogP contribution in [0.15, 0.2) is 36.4 Å². The number of nitrogens with zero attached hydrogens (tertiary/aromatic N) is 3. The van der Waals surface area contributed by atoms with Gasteiger partial charge in [0.25, 0.3) is 0 Å². The fraction of sp³-hybridized carbons (Fsp3) is 0.524. The van der Waals surface area contributed by atoms with E-state index >= 15 is 0 Å². The lowest BCUT2D eigenvalue weighted by Crippen LogP contribution is -2.31. The molecule has 26 heavy (non-hydrogen) atoms.